The second-order valence-corrected chi connectivity index (χ2v) is 8.08. The predicted octanol–water partition coefficient (Wildman–Crippen LogP) is 4.84. The number of benzene rings is 2. The molecule has 33 heavy (non-hydrogen) atoms. The van der Waals surface area contributed by atoms with Crippen LogP contribution in [0.4, 0.5) is 31.9 Å². The second kappa shape index (κ2) is 8.04. The maximum atomic E-state index is 13.5. The third kappa shape index (κ3) is 4.34. The summed E-state index contributed by atoms with van der Waals surface area (Å²) < 4.78 is 36.0. The zero-order chi connectivity index (χ0) is 23.2. The summed E-state index contributed by atoms with van der Waals surface area (Å²) in [6.07, 6.45) is -1.18. The molecule has 0 aliphatic carbocycles. The van der Waals surface area contributed by atoms with E-state index in [2.05, 4.69) is 30.1 Å². The Morgan fingerprint density at radius 2 is 1.97 bits per heavy atom. The lowest BCUT2D eigenvalue weighted by Gasteiger charge is -2.15. The number of carbonyl (C=O) groups excluding carboxylic acids is 1. The zero-order valence-corrected chi connectivity index (χ0v) is 18.1. The minimum atomic E-state index is -3.74. The lowest BCUT2D eigenvalue weighted by atomic mass is 10.0. The average Bonchev–Trinajstić information content (AvgIpc) is 3.02. The van der Waals surface area contributed by atoms with Crippen molar-refractivity contribution in [3.63, 3.8) is 0 Å². The van der Waals surface area contributed by atoms with E-state index in [0.717, 1.165) is 16.8 Å². The van der Waals surface area contributed by atoms with Gasteiger partial charge < -0.3 is 25.0 Å². The second-order valence-electron chi connectivity index (χ2n) is 7.67. The summed E-state index contributed by atoms with van der Waals surface area (Å²) in [7, 11) is 1.78. The minimum Gasteiger partial charge on any atom is -0.395 e. The summed E-state index contributed by atoms with van der Waals surface area (Å²) in [5, 5.41) is 6.20. The van der Waals surface area contributed by atoms with Crippen molar-refractivity contribution in [2.45, 2.75) is 25.7 Å². The van der Waals surface area contributed by atoms with Gasteiger partial charge in [-0.25, -0.2) is 4.98 Å². The van der Waals surface area contributed by atoms with E-state index < -0.39 is 6.29 Å². The largest absolute Gasteiger partial charge is 0.586 e. The van der Waals surface area contributed by atoms with Crippen molar-refractivity contribution >= 4 is 40.6 Å². The number of carbonyl (C=O) groups is 1. The SMILES string of the molecule is CN1Cc2cc(Nc3ncc(Cl)c(Nc4cccc5c4OC(F)(F)O5)n3)ccc2CCC1=O. The average molecular weight is 474 g/mol. The fourth-order valence-electron chi connectivity index (χ4n) is 3.71. The number of amides is 1. The van der Waals surface area contributed by atoms with E-state index in [-0.39, 0.29) is 39.9 Å². The molecule has 5 rings (SSSR count). The fraction of sp³-hybridized carbons (Fsp3) is 0.227. The Balaban J connectivity index is 1.38. The van der Waals surface area contributed by atoms with Crippen LogP contribution in [0.3, 0.4) is 0 Å². The van der Waals surface area contributed by atoms with Gasteiger partial charge in [-0.1, -0.05) is 23.7 Å². The normalized spacial score (nSPS) is 16.2. The molecule has 2 aromatic carbocycles. The number of nitrogens with one attached hydrogen (secondary N) is 2. The summed E-state index contributed by atoms with van der Waals surface area (Å²) in [6, 6.07) is 10.3. The predicted molar refractivity (Wildman–Crippen MR) is 117 cm³/mol. The van der Waals surface area contributed by atoms with Crippen LogP contribution in [0.1, 0.15) is 17.5 Å². The summed E-state index contributed by atoms with van der Waals surface area (Å²) in [5.74, 6) is 0.312. The third-order valence-electron chi connectivity index (χ3n) is 5.33. The molecule has 8 nitrogen and oxygen atoms in total. The maximum absolute atomic E-state index is 13.5. The number of aryl methyl sites for hydroxylation is 1. The van der Waals surface area contributed by atoms with Gasteiger partial charge in [-0.05, 0) is 41.8 Å². The van der Waals surface area contributed by atoms with Crippen LogP contribution in [0.25, 0.3) is 0 Å². The van der Waals surface area contributed by atoms with Crippen molar-refractivity contribution in [2.75, 3.05) is 17.7 Å². The third-order valence-corrected chi connectivity index (χ3v) is 5.61. The molecule has 3 aromatic rings. The molecule has 0 unspecified atom stereocenters. The standard InChI is InChI=1S/C22H18ClF2N5O3/c1-30-11-13-9-14(7-5-12(13)6-8-18(30)31)27-21-26-10-15(23)20(29-21)28-16-3-2-4-17-19(16)33-22(24,25)32-17/h2-5,7,9-10H,6,8,11H2,1H3,(H2,26,27,28,29). The Hall–Kier alpha value is -3.66. The van der Waals surface area contributed by atoms with E-state index in [0.29, 0.717) is 19.4 Å². The van der Waals surface area contributed by atoms with Crippen molar-refractivity contribution in [2.24, 2.45) is 0 Å². The molecule has 11 heteroatoms. The van der Waals surface area contributed by atoms with E-state index in [1.54, 1.807) is 18.0 Å². The molecule has 2 aliphatic heterocycles. The monoisotopic (exact) mass is 473 g/mol. The molecule has 0 spiro atoms. The van der Waals surface area contributed by atoms with Crippen LogP contribution in [0, 0.1) is 0 Å². The Labute approximate surface area is 192 Å². The molecule has 3 heterocycles. The molecule has 170 valence electrons. The molecule has 0 saturated heterocycles. The first-order valence-corrected chi connectivity index (χ1v) is 10.5. The molecule has 0 fully saturated rings. The van der Waals surface area contributed by atoms with E-state index in [9.17, 15) is 13.6 Å². The van der Waals surface area contributed by atoms with Crippen LogP contribution >= 0.6 is 11.6 Å². The Bertz CT molecular complexity index is 1260. The van der Waals surface area contributed by atoms with E-state index in [1.165, 1.54) is 18.3 Å². The lowest BCUT2D eigenvalue weighted by Crippen LogP contribution is -2.26. The van der Waals surface area contributed by atoms with Crippen LogP contribution < -0.4 is 20.1 Å². The highest BCUT2D eigenvalue weighted by atomic mass is 35.5. The first-order chi connectivity index (χ1) is 15.8. The maximum Gasteiger partial charge on any atom is 0.586 e. The lowest BCUT2D eigenvalue weighted by molar-refractivity contribution is -0.286. The minimum absolute atomic E-state index is 0.0954. The van der Waals surface area contributed by atoms with Crippen LogP contribution in [-0.4, -0.2) is 34.1 Å². The Kier molecular flexibility index (Phi) is 5.16. The van der Waals surface area contributed by atoms with Crippen molar-refractivity contribution in [3.05, 3.63) is 58.7 Å². The highest BCUT2D eigenvalue weighted by Gasteiger charge is 2.44. The summed E-state index contributed by atoms with van der Waals surface area (Å²) >= 11 is 6.23. The van der Waals surface area contributed by atoms with E-state index in [1.807, 2.05) is 18.2 Å². The first kappa shape index (κ1) is 21.2. The first-order valence-electron chi connectivity index (χ1n) is 10.1. The van der Waals surface area contributed by atoms with Crippen molar-refractivity contribution in [1.29, 1.82) is 0 Å². The number of aromatic nitrogens is 2. The highest BCUT2D eigenvalue weighted by Crippen LogP contribution is 2.46. The highest BCUT2D eigenvalue weighted by molar-refractivity contribution is 6.33. The number of para-hydroxylation sites is 1. The molecule has 0 saturated carbocycles. The summed E-state index contributed by atoms with van der Waals surface area (Å²) in [5.41, 5.74) is 3.11. The van der Waals surface area contributed by atoms with Crippen molar-refractivity contribution < 1.29 is 23.0 Å². The number of alkyl halides is 2. The molecule has 2 N–H and O–H groups in total. The van der Waals surface area contributed by atoms with E-state index >= 15 is 0 Å². The molecule has 0 atom stereocenters. The van der Waals surface area contributed by atoms with Gasteiger partial charge in [0.25, 0.3) is 0 Å². The zero-order valence-electron chi connectivity index (χ0n) is 17.4. The van der Waals surface area contributed by atoms with Crippen LogP contribution in [0.15, 0.2) is 42.6 Å². The van der Waals surface area contributed by atoms with E-state index in [4.69, 9.17) is 11.6 Å². The molecule has 1 aromatic heterocycles. The molecule has 0 radical (unpaired) electrons. The molecular weight excluding hydrogens is 456 g/mol. The number of anilines is 4. The number of hydrogen-bond acceptors (Lipinski definition) is 7. The number of nitrogens with zero attached hydrogens (tertiary/aromatic N) is 3. The van der Waals surface area contributed by atoms with Crippen LogP contribution in [0.2, 0.25) is 5.02 Å². The number of ether oxygens (including phenoxy) is 2. The van der Waals surface area contributed by atoms with Crippen LogP contribution in [-0.2, 0) is 17.8 Å². The van der Waals surface area contributed by atoms with Gasteiger partial charge >= 0.3 is 6.29 Å². The number of halogens is 3. The molecule has 0 bridgehead atoms. The van der Waals surface area contributed by atoms with Gasteiger partial charge in [0, 0.05) is 25.7 Å². The Morgan fingerprint density at radius 3 is 2.82 bits per heavy atom. The van der Waals surface area contributed by atoms with Crippen LogP contribution in [0.5, 0.6) is 11.5 Å². The molecular formula is C22H18ClF2N5O3. The summed E-state index contributed by atoms with van der Waals surface area (Å²) in [6.45, 7) is 0.518. The van der Waals surface area contributed by atoms with Gasteiger partial charge in [-0.15, -0.1) is 8.78 Å². The molecule has 2 aliphatic rings. The van der Waals surface area contributed by atoms with Gasteiger partial charge in [0.2, 0.25) is 11.9 Å². The van der Waals surface area contributed by atoms with Gasteiger partial charge in [0.1, 0.15) is 5.02 Å². The van der Waals surface area contributed by atoms with Gasteiger partial charge in [0.15, 0.2) is 17.3 Å². The van der Waals surface area contributed by atoms with Gasteiger partial charge in [-0.2, -0.15) is 4.98 Å². The molecule has 1 amide bonds. The van der Waals surface area contributed by atoms with Gasteiger partial charge in [0.05, 0.1) is 11.9 Å². The quantitative estimate of drug-likeness (QED) is 0.560. The topological polar surface area (TPSA) is 88.6 Å². The van der Waals surface area contributed by atoms with Crippen molar-refractivity contribution in [1.82, 2.24) is 14.9 Å². The summed E-state index contributed by atoms with van der Waals surface area (Å²) in [4.78, 5) is 22.3. The van der Waals surface area contributed by atoms with Crippen molar-refractivity contribution in [3.8, 4) is 11.5 Å². The number of rotatable bonds is 4. The Morgan fingerprint density at radius 1 is 1.12 bits per heavy atom. The number of fused-ring (bicyclic) bond motifs is 2. The van der Waals surface area contributed by atoms with Gasteiger partial charge in [-0.3, -0.25) is 4.79 Å². The smallest absolute Gasteiger partial charge is 0.395 e. The number of hydrogen-bond donors (Lipinski definition) is 2. The fourth-order valence-corrected chi connectivity index (χ4v) is 3.85.